The van der Waals surface area contributed by atoms with Gasteiger partial charge < -0.3 is 15.5 Å². The Labute approximate surface area is 218 Å². The molecule has 2 N–H and O–H groups in total. The number of aryl methyl sites for hydroxylation is 1. The van der Waals surface area contributed by atoms with E-state index in [1.54, 1.807) is 30.1 Å². The summed E-state index contributed by atoms with van der Waals surface area (Å²) in [6.45, 7) is 6.73. The van der Waals surface area contributed by atoms with E-state index < -0.39 is 0 Å². The SMILES string of the molecule is CN=C(CN1CCCCC1)c1cc(C(=O)N2Cc3ccc(C(=O)NCCNC)cc3C2)c(N=O)cc1C. The first-order valence-corrected chi connectivity index (χ1v) is 13.0. The van der Waals surface area contributed by atoms with E-state index in [-0.39, 0.29) is 23.1 Å². The van der Waals surface area contributed by atoms with E-state index >= 15 is 0 Å². The number of likely N-dealkylation sites (tertiary alicyclic amines) is 1. The molecule has 2 aliphatic heterocycles. The minimum absolute atomic E-state index is 0.139. The van der Waals surface area contributed by atoms with Gasteiger partial charge in [-0.15, -0.1) is 4.91 Å². The first kappa shape index (κ1) is 26.6. The number of carbonyl (C=O) groups excluding carboxylic acids is 2. The van der Waals surface area contributed by atoms with Crippen LogP contribution in [0.1, 0.15) is 62.2 Å². The Hall–Kier alpha value is -3.43. The van der Waals surface area contributed by atoms with Crippen molar-refractivity contribution in [2.75, 3.05) is 46.8 Å². The lowest BCUT2D eigenvalue weighted by Crippen LogP contribution is -2.35. The van der Waals surface area contributed by atoms with Crippen LogP contribution in [0.5, 0.6) is 0 Å². The maximum atomic E-state index is 13.6. The number of nitroso groups, excluding NO2 is 1. The predicted molar refractivity (Wildman–Crippen MR) is 146 cm³/mol. The topological polar surface area (TPSA) is 106 Å². The zero-order valence-electron chi connectivity index (χ0n) is 22.0. The molecule has 2 aromatic carbocycles. The molecule has 2 aromatic rings. The summed E-state index contributed by atoms with van der Waals surface area (Å²) in [5.41, 5.74) is 5.58. The lowest BCUT2D eigenvalue weighted by Gasteiger charge is -2.27. The van der Waals surface area contributed by atoms with Crippen LogP contribution in [0, 0.1) is 11.8 Å². The minimum Gasteiger partial charge on any atom is -0.351 e. The highest BCUT2D eigenvalue weighted by molar-refractivity contribution is 6.07. The third-order valence-electron chi connectivity index (χ3n) is 7.21. The quantitative estimate of drug-likeness (QED) is 0.309. The van der Waals surface area contributed by atoms with Crippen molar-refractivity contribution in [3.05, 3.63) is 68.6 Å². The molecule has 2 heterocycles. The number of hydrogen-bond donors (Lipinski definition) is 2. The zero-order valence-corrected chi connectivity index (χ0v) is 22.0. The Bertz CT molecular complexity index is 1200. The average Bonchev–Trinajstić information content (AvgIpc) is 3.35. The van der Waals surface area contributed by atoms with Gasteiger partial charge in [-0.3, -0.25) is 19.5 Å². The fraction of sp³-hybridized carbons (Fsp3) is 0.464. The summed E-state index contributed by atoms with van der Waals surface area (Å²) in [5.74, 6) is -0.390. The molecule has 0 radical (unpaired) electrons. The van der Waals surface area contributed by atoms with Crippen LogP contribution in [-0.2, 0) is 13.1 Å². The van der Waals surface area contributed by atoms with Gasteiger partial charge in [0.15, 0.2) is 0 Å². The molecule has 9 heteroatoms. The first-order valence-electron chi connectivity index (χ1n) is 13.0. The van der Waals surface area contributed by atoms with Gasteiger partial charge >= 0.3 is 0 Å². The normalized spacial score (nSPS) is 16.0. The van der Waals surface area contributed by atoms with E-state index in [1.165, 1.54) is 19.3 Å². The molecule has 2 aliphatic rings. The maximum Gasteiger partial charge on any atom is 0.256 e. The van der Waals surface area contributed by atoms with E-state index in [0.717, 1.165) is 41.1 Å². The Morgan fingerprint density at radius 2 is 1.73 bits per heavy atom. The molecule has 2 amide bonds. The molecule has 0 bridgehead atoms. The molecule has 196 valence electrons. The number of aliphatic imine (C=N–C) groups is 1. The Morgan fingerprint density at radius 3 is 2.43 bits per heavy atom. The van der Waals surface area contributed by atoms with Gasteiger partial charge in [0.2, 0.25) is 0 Å². The number of amides is 2. The monoisotopic (exact) mass is 504 g/mol. The second-order valence-electron chi connectivity index (χ2n) is 9.79. The predicted octanol–water partition coefficient (Wildman–Crippen LogP) is 3.40. The van der Waals surface area contributed by atoms with Crippen LogP contribution in [0.2, 0.25) is 0 Å². The molecule has 0 atom stereocenters. The Morgan fingerprint density at radius 1 is 0.973 bits per heavy atom. The van der Waals surface area contributed by atoms with Crippen LogP contribution in [0.15, 0.2) is 40.5 Å². The number of carbonyl (C=O) groups is 2. The summed E-state index contributed by atoms with van der Waals surface area (Å²) in [6.07, 6.45) is 3.62. The maximum absolute atomic E-state index is 13.6. The average molecular weight is 505 g/mol. The molecule has 1 fully saturated rings. The smallest absolute Gasteiger partial charge is 0.256 e. The first-order chi connectivity index (χ1) is 17.9. The van der Waals surface area contributed by atoms with Gasteiger partial charge in [-0.05, 0) is 86.0 Å². The number of likely N-dealkylation sites (N-methyl/N-ethyl adjacent to an activating group) is 1. The van der Waals surface area contributed by atoms with Crippen LogP contribution in [0.3, 0.4) is 0 Å². The molecule has 0 saturated carbocycles. The van der Waals surface area contributed by atoms with Crippen molar-refractivity contribution in [3.63, 3.8) is 0 Å². The number of benzene rings is 2. The van der Waals surface area contributed by atoms with E-state index in [4.69, 9.17) is 0 Å². The van der Waals surface area contributed by atoms with Gasteiger partial charge in [0, 0.05) is 50.9 Å². The van der Waals surface area contributed by atoms with E-state index in [0.29, 0.717) is 38.3 Å². The number of fused-ring (bicyclic) bond motifs is 1. The Kier molecular flexibility index (Phi) is 8.78. The molecule has 0 aromatic heterocycles. The van der Waals surface area contributed by atoms with Crippen LogP contribution in [0.25, 0.3) is 0 Å². The van der Waals surface area contributed by atoms with Crippen LogP contribution in [0.4, 0.5) is 5.69 Å². The lowest BCUT2D eigenvalue weighted by molar-refractivity contribution is 0.0752. The highest BCUT2D eigenvalue weighted by Crippen LogP contribution is 2.30. The molecule has 0 unspecified atom stereocenters. The van der Waals surface area contributed by atoms with E-state index in [9.17, 15) is 14.5 Å². The minimum atomic E-state index is -0.250. The molecule has 37 heavy (non-hydrogen) atoms. The molecule has 9 nitrogen and oxygen atoms in total. The molecular weight excluding hydrogens is 468 g/mol. The fourth-order valence-electron chi connectivity index (χ4n) is 5.11. The highest BCUT2D eigenvalue weighted by atomic mass is 16.3. The Balaban J connectivity index is 1.54. The lowest BCUT2D eigenvalue weighted by atomic mass is 9.97. The number of piperidine rings is 1. The van der Waals surface area contributed by atoms with Crippen molar-refractivity contribution in [2.45, 2.75) is 39.3 Å². The fourth-order valence-corrected chi connectivity index (χ4v) is 5.11. The molecular formula is C28H36N6O3. The van der Waals surface area contributed by atoms with Gasteiger partial charge in [0.1, 0.15) is 5.69 Å². The third kappa shape index (κ3) is 6.11. The molecule has 1 saturated heterocycles. The standard InChI is InChI=1S/C28H36N6O3/c1-19-13-25(32-37)24(15-23(19)26(30-3)18-33-11-5-4-6-12-33)28(36)34-16-21-8-7-20(14-22(21)17-34)27(35)31-10-9-29-2/h7-8,13-15,29H,4-6,9-12,16-18H2,1-3H3,(H,31,35). The van der Waals surface area contributed by atoms with Crippen molar-refractivity contribution in [1.82, 2.24) is 20.4 Å². The van der Waals surface area contributed by atoms with Gasteiger partial charge in [0.25, 0.3) is 11.8 Å². The van der Waals surface area contributed by atoms with Crippen LogP contribution >= 0.6 is 0 Å². The summed E-state index contributed by atoms with van der Waals surface area (Å²) in [4.78, 5) is 46.5. The van der Waals surface area contributed by atoms with Crippen molar-refractivity contribution in [1.29, 1.82) is 0 Å². The van der Waals surface area contributed by atoms with Crippen LogP contribution in [-0.4, -0.2) is 74.1 Å². The second kappa shape index (κ2) is 12.2. The summed E-state index contributed by atoms with van der Waals surface area (Å²) in [7, 11) is 3.61. The second-order valence-corrected chi connectivity index (χ2v) is 9.79. The van der Waals surface area contributed by atoms with Gasteiger partial charge in [-0.2, -0.15) is 0 Å². The van der Waals surface area contributed by atoms with Gasteiger partial charge in [-0.25, -0.2) is 0 Å². The third-order valence-corrected chi connectivity index (χ3v) is 7.21. The van der Waals surface area contributed by atoms with Gasteiger partial charge in [0.05, 0.1) is 11.3 Å². The molecule has 0 spiro atoms. The van der Waals surface area contributed by atoms with Crippen LogP contribution < -0.4 is 10.6 Å². The number of nitrogens with one attached hydrogen (secondary N) is 2. The molecule has 4 rings (SSSR count). The summed E-state index contributed by atoms with van der Waals surface area (Å²) in [6, 6.07) is 9.00. The van der Waals surface area contributed by atoms with E-state index in [2.05, 4.69) is 25.7 Å². The number of nitrogens with zero attached hydrogens (tertiary/aromatic N) is 4. The summed E-state index contributed by atoms with van der Waals surface area (Å²) >= 11 is 0. The van der Waals surface area contributed by atoms with Gasteiger partial charge in [-0.1, -0.05) is 12.5 Å². The summed E-state index contributed by atoms with van der Waals surface area (Å²) < 4.78 is 0. The summed E-state index contributed by atoms with van der Waals surface area (Å²) in [5, 5.41) is 9.06. The highest BCUT2D eigenvalue weighted by Gasteiger charge is 2.28. The largest absolute Gasteiger partial charge is 0.351 e. The van der Waals surface area contributed by atoms with Crippen molar-refractivity contribution in [2.24, 2.45) is 10.2 Å². The van der Waals surface area contributed by atoms with E-state index in [1.807, 2.05) is 26.1 Å². The number of rotatable bonds is 9. The zero-order chi connectivity index (χ0) is 26.4. The van der Waals surface area contributed by atoms with Crippen molar-refractivity contribution in [3.8, 4) is 0 Å². The van der Waals surface area contributed by atoms with Crippen molar-refractivity contribution >= 4 is 23.2 Å². The number of hydrogen-bond acceptors (Lipinski definition) is 7. The molecule has 0 aliphatic carbocycles. The van der Waals surface area contributed by atoms with Crippen molar-refractivity contribution < 1.29 is 9.59 Å².